The van der Waals surface area contributed by atoms with Gasteiger partial charge in [0.25, 0.3) is 0 Å². The fourth-order valence-corrected chi connectivity index (χ4v) is 3.82. The second-order valence-electron chi connectivity index (χ2n) is 8.35. The van der Waals surface area contributed by atoms with Gasteiger partial charge in [-0.15, -0.1) is 0 Å². The highest BCUT2D eigenvalue weighted by molar-refractivity contribution is 5.73. The highest BCUT2D eigenvalue weighted by Crippen LogP contribution is 2.35. The quantitative estimate of drug-likeness (QED) is 0.483. The molecule has 3 N–H and O–H groups in total. The largest absolute Gasteiger partial charge is 0.490 e. The van der Waals surface area contributed by atoms with E-state index in [1.165, 1.54) is 6.42 Å². The van der Waals surface area contributed by atoms with Crippen molar-refractivity contribution in [1.29, 1.82) is 0 Å². The third-order valence-corrected chi connectivity index (χ3v) is 5.32. The summed E-state index contributed by atoms with van der Waals surface area (Å²) in [7, 11) is 0. The topological polar surface area (TPSA) is 138 Å². The van der Waals surface area contributed by atoms with E-state index in [9.17, 15) is 26.3 Å². The molecule has 4 rings (SSSR count). The maximum atomic E-state index is 10.6. The fourth-order valence-electron chi connectivity index (χ4n) is 3.82. The van der Waals surface area contributed by atoms with Crippen molar-refractivity contribution in [2.45, 2.75) is 49.8 Å². The van der Waals surface area contributed by atoms with Gasteiger partial charge in [-0.3, -0.25) is 9.88 Å². The molecule has 0 saturated carbocycles. The molecule has 1 spiro atoms. The zero-order chi connectivity index (χ0) is 28.4. The number of rotatable bonds is 4. The summed E-state index contributed by atoms with van der Waals surface area (Å²) in [5, 5.41) is 17.6. The monoisotopic (exact) mass is 553 g/mol. The highest BCUT2D eigenvalue weighted by Gasteiger charge is 2.43. The molecule has 0 amide bonds. The van der Waals surface area contributed by atoms with Crippen LogP contribution in [0.15, 0.2) is 42.9 Å². The van der Waals surface area contributed by atoms with E-state index in [2.05, 4.69) is 31.2 Å². The Balaban J connectivity index is 0.000000301. The standard InChI is InChI=1S/C18H23N5O.2C2HF3O2/c1-2-7-19-15(5-1)12-23-10-3-6-18(14-23)11-16(13-24-18)22-17-20-8-4-9-21-17;2*3-2(4,5)1(6)7/h1-2,4-5,7-9,16H,3,6,10-14H2,(H,20,21,22);2*(H,6,7). The van der Waals surface area contributed by atoms with Crippen LogP contribution in [-0.2, 0) is 20.9 Å². The van der Waals surface area contributed by atoms with Crippen molar-refractivity contribution in [3.8, 4) is 0 Å². The molecule has 2 atom stereocenters. The minimum absolute atomic E-state index is 0.0422. The molecular formula is C22H25F6N5O5. The van der Waals surface area contributed by atoms with Crippen LogP contribution in [0.25, 0.3) is 0 Å². The molecule has 2 fully saturated rings. The normalized spacial score (nSPS) is 21.5. The summed E-state index contributed by atoms with van der Waals surface area (Å²) in [6.07, 6.45) is -1.49. The Morgan fingerprint density at radius 3 is 2.11 bits per heavy atom. The number of nitrogens with zero attached hydrogens (tertiary/aromatic N) is 4. The summed E-state index contributed by atoms with van der Waals surface area (Å²) in [6.45, 7) is 3.69. The maximum absolute atomic E-state index is 10.6. The van der Waals surface area contributed by atoms with E-state index in [0.29, 0.717) is 5.95 Å². The number of hydrogen-bond acceptors (Lipinski definition) is 8. The lowest BCUT2D eigenvalue weighted by molar-refractivity contribution is -0.193. The maximum Gasteiger partial charge on any atom is 0.490 e. The van der Waals surface area contributed by atoms with Crippen molar-refractivity contribution < 1.29 is 50.9 Å². The van der Waals surface area contributed by atoms with E-state index in [4.69, 9.17) is 24.5 Å². The molecule has 2 aromatic rings. The Morgan fingerprint density at radius 2 is 1.58 bits per heavy atom. The highest BCUT2D eigenvalue weighted by atomic mass is 19.4. The van der Waals surface area contributed by atoms with Crippen molar-refractivity contribution in [1.82, 2.24) is 19.9 Å². The van der Waals surface area contributed by atoms with Gasteiger partial charge in [-0.2, -0.15) is 26.3 Å². The van der Waals surface area contributed by atoms with Crippen molar-refractivity contribution in [3.63, 3.8) is 0 Å². The van der Waals surface area contributed by atoms with E-state index in [0.717, 1.165) is 44.8 Å². The predicted molar refractivity (Wildman–Crippen MR) is 119 cm³/mol. The molecule has 2 unspecified atom stereocenters. The molecule has 2 saturated heterocycles. The SMILES string of the molecule is O=C(O)C(F)(F)F.O=C(O)C(F)(F)F.c1ccc(CN2CCCC3(CC(Nc4ncccn4)CO3)C2)nc1. The van der Waals surface area contributed by atoms with E-state index >= 15 is 0 Å². The van der Waals surface area contributed by atoms with Crippen LogP contribution >= 0.6 is 0 Å². The first-order valence-electron chi connectivity index (χ1n) is 11.1. The molecule has 10 nitrogen and oxygen atoms in total. The Kier molecular flexibility index (Phi) is 10.8. The van der Waals surface area contributed by atoms with Crippen LogP contribution in [0.1, 0.15) is 25.0 Å². The molecular weight excluding hydrogens is 528 g/mol. The summed E-state index contributed by atoms with van der Waals surface area (Å²) in [6, 6.07) is 8.21. The average molecular weight is 553 g/mol. The van der Waals surface area contributed by atoms with Gasteiger partial charge in [0, 0.05) is 38.1 Å². The average Bonchev–Trinajstić information content (AvgIpc) is 3.21. The number of ether oxygens (including phenoxy) is 1. The van der Waals surface area contributed by atoms with Gasteiger partial charge in [0.05, 0.1) is 23.9 Å². The number of hydrogen-bond donors (Lipinski definition) is 3. The molecule has 4 heterocycles. The smallest absolute Gasteiger partial charge is 0.475 e. The van der Waals surface area contributed by atoms with Crippen molar-refractivity contribution >= 4 is 17.9 Å². The number of carboxylic acids is 2. The zero-order valence-corrected chi connectivity index (χ0v) is 19.7. The van der Waals surface area contributed by atoms with Crippen LogP contribution in [0, 0.1) is 0 Å². The molecule has 0 radical (unpaired) electrons. The molecule has 0 aliphatic carbocycles. The molecule has 38 heavy (non-hydrogen) atoms. The fraction of sp³-hybridized carbons (Fsp3) is 0.500. The number of alkyl halides is 6. The van der Waals surface area contributed by atoms with Gasteiger partial charge in [0.2, 0.25) is 5.95 Å². The number of pyridine rings is 1. The van der Waals surface area contributed by atoms with Crippen LogP contribution in [0.5, 0.6) is 0 Å². The van der Waals surface area contributed by atoms with Gasteiger partial charge in [-0.25, -0.2) is 19.6 Å². The van der Waals surface area contributed by atoms with E-state index in [1.54, 1.807) is 12.4 Å². The molecule has 2 aromatic heterocycles. The summed E-state index contributed by atoms with van der Waals surface area (Å²) >= 11 is 0. The van der Waals surface area contributed by atoms with Gasteiger partial charge in [0.15, 0.2) is 0 Å². The van der Waals surface area contributed by atoms with E-state index in [-0.39, 0.29) is 11.6 Å². The van der Waals surface area contributed by atoms with E-state index in [1.807, 2.05) is 24.4 Å². The number of anilines is 1. The van der Waals surface area contributed by atoms with Crippen LogP contribution in [-0.4, -0.2) is 85.7 Å². The second kappa shape index (κ2) is 13.3. The first-order valence-corrected chi connectivity index (χ1v) is 11.1. The Labute approximate surface area is 212 Å². The Hall–Kier alpha value is -3.53. The minimum Gasteiger partial charge on any atom is -0.475 e. The molecule has 210 valence electrons. The van der Waals surface area contributed by atoms with Gasteiger partial charge in [-0.1, -0.05) is 6.07 Å². The summed E-state index contributed by atoms with van der Waals surface area (Å²) in [5.41, 5.74) is 1.08. The van der Waals surface area contributed by atoms with Crippen LogP contribution in [0.2, 0.25) is 0 Å². The molecule has 2 aliphatic rings. The van der Waals surface area contributed by atoms with E-state index < -0.39 is 24.3 Å². The predicted octanol–water partition coefficient (Wildman–Crippen LogP) is 3.37. The Bertz CT molecular complexity index is 1000. The summed E-state index contributed by atoms with van der Waals surface area (Å²) in [4.78, 5) is 33.2. The van der Waals surface area contributed by atoms with Crippen LogP contribution in [0.3, 0.4) is 0 Å². The van der Waals surface area contributed by atoms with Crippen molar-refractivity contribution in [3.05, 3.63) is 48.5 Å². The first kappa shape index (κ1) is 30.7. The lowest BCUT2D eigenvalue weighted by Gasteiger charge is -2.39. The number of halogens is 6. The molecule has 0 aromatic carbocycles. The number of likely N-dealkylation sites (tertiary alicyclic amines) is 1. The number of piperidine rings is 1. The number of aliphatic carboxylic acids is 2. The van der Waals surface area contributed by atoms with Gasteiger partial charge in [-0.05, 0) is 37.6 Å². The Morgan fingerprint density at radius 1 is 1.00 bits per heavy atom. The number of carbonyl (C=O) groups is 2. The minimum atomic E-state index is -5.08. The summed E-state index contributed by atoms with van der Waals surface area (Å²) < 4.78 is 69.7. The second-order valence-corrected chi connectivity index (χ2v) is 8.35. The number of aromatic nitrogens is 3. The van der Waals surface area contributed by atoms with Gasteiger partial charge in [0.1, 0.15) is 0 Å². The van der Waals surface area contributed by atoms with Crippen LogP contribution in [0.4, 0.5) is 32.3 Å². The number of nitrogens with one attached hydrogen (secondary N) is 1. The third kappa shape index (κ3) is 10.5. The van der Waals surface area contributed by atoms with Gasteiger partial charge < -0.3 is 20.3 Å². The molecule has 2 aliphatic heterocycles. The van der Waals surface area contributed by atoms with Crippen LogP contribution < -0.4 is 5.32 Å². The third-order valence-electron chi connectivity index (χ3n) is 5.32. The molecule has 16 heteroatoms. The number of carboxylic acid groups (broad SMARTS) is 2. The van der Waals surface area contributed by atoms with Crippen molar-refractivity contribution in [2.75, 3.05) is 25.0 Å². The first-order chi connectivity index (χ1) is 17.7. The molecule has 0 bridgehead atoms. The zero-order valence-electron chi connectivity index (χ0n) is 19.7. The summed E-state index contributed by atoms with van der Waals surface area (Å²) in [5.74, 6) is -4.83. The van der Waals surface area contributed by atoms with Crippen molar-refractivity contribution in [2.24, 2.45) is 0 Å². The lowest BCUT2D eigenvalue weighted by Crippen LogP contribution is -2.47. The van der Waals surface area contributed by atoms with Gasteiger partial charge >= 0.3 is 24.3 Å². The lowest BCUT2D eigenvalue weighted by atomic mass is 9.88.